The van der Waals surface area contributed by atoms with E-state index >= 15 is 0 Å². The molecular formula is C18H19FN2O2. The standard InChI is InChI=1S/C18H19FN2O2/c19-14-5-1-12(2-6-14)11-23-15-7-3-13(4-8-15)16-9-10-17(21-16)18(20)22/h1-8,16-17,21H,9-11H2,(H2,20,22)/t16-,17+/m1/s1. The molecule has 2 aromatic carbocycles. The number of hydrogen-bond acceptors (Lipinski definition) is 3. The smallest absolute Gasteiger partial charge is 0.234 e. The van der Waals surface area contributed by atoms with Crippen LogP contribution in [-0.4, -0.2) is 11.9 Å². The lowest BCUT2D eigenvalue weighted by molar-refractivity contribution is -0.119. The highest BCUT2D eigenvalue weighted by atomic mass is 19.1. The highest BCUT2D eigenvalue weighted by Gasteiger charge is 2.28. The van der Waals surface area contributed by atoms with Gasteiger partial charge in [0.15, 0.2) is 0 Å². The van der Waals surface area contributed by atoms with E-state index in [1.165, 1.54) is 12.1 Å². The van der Waals surface area contributed by atoms with Gasteiger partial charge in [-0.15, -0.1) is 0 Å². The van der Waals surface area contributed by atoms with E-state index in [0.29, 0.717) is 6.61 Å². The van der Waals surface area contributed by atoms with E-state index in [4.69, 9.17) is 10.5 Å². The molecule has 0 spiro atoms. The third kappa shape index (κ3) is 3.87. The number of primary amides is 1. The monoisotopic (exact) mass is 314 g/mol. The van der Waals surface area contributed by atoms with Crippen molar-refractivity contribution in [3.8, 4) is 5.75 Å². The molecule has 1 heterocycles. The zero-order valence-corrected chi connectivity index (χ0v) is 12.7. The van der Waals surface area contributed by atoms with Gasteiger partial charge in [-0.25, -0.2) is 4.39 Å². The highest BCUT2D eigenvalue weighted by Crippen LogP contribution is 2.27. The number of benzene rings is 2. The number of rotatable bonds is 5. The van der Waals surface area contributed by atoms with E-state index in [1.807, 2.05) is 24.3 Å². The Labute approximate surface area is 134 Å². The fourth-order valence-electron chi connectivity index (χ4n) is 2.77. The summed E-state index contributed by atoms with van der Waals surface area (Å²) in [6.45, 7) is 0.394. The fourth-order valence-corrected chi connectivity index (χ4v) is 2.77. The Bertz CT molecular complexity index is 670. The summed E-state index contributed by atoms with van der Waals surface area (Å²) in [5.74, 6) is 0.200. The number of carbonyl (C=O) groups is 1. The molecule has 1 fully saturated rings. The number of nitrogens with two attached hydrogens (primary N) is 1. The molecule has 2 aromatic rings. The van der Waals surface area contributed by atoms with Gasteiger partial charge in [-0.1, -0.05) is 24.3 Å². The average Bonchev–Trinajstić information content (AvgIpc) is 3.05. The van der Waals surface area contributed by atoms with Gasteiger partial charge in [0.1, 0.15) is 18.2 Å². The van der Waals surface area contributed by atoms with E-state index in [1.54, 1.807) is 12.1 Å². The molecular weight excluding hydrogens is 295 g/mol. The van der Waals surface area contributed by atoms with Gasteiger partial charge in [-0.2, -0.15) is 0 Å². The zero-order valence-electron chi connectivity index (χ0n) is 12.7. The number of halogens is 1. The zero-order chi connectivity index (χ0) is 16.2. The van der Waals surface area contributed by atoms with E-state index in [-0.39, 0.29) is 23.8 Å². The Morgan fingerprint density at radius 2 is 1.83 bits per heavy atom. The van der Waals surface area contributed by atoms with Gasteiger partial charge in [-0.05, 0) is 48.2 Å². The minimum atomic E-state index is -0.299. The molecule has 1 saturated heterocycles. The van der Waals surface area contributed by atoms with Crippen molar-refractivity contribution in [2.24, 2.45) is 5.73 Å². The molecule has 23 heavy (non-hydrogen) atoms. The summed E-state index contributed by atoms with van der Waals surface area (Å²) in [7, 11) is 0. The maximum absolute atomic E-state index is 12.8. The molecule has 2 atom stereocenters. The lowest BCUT2D eigenvalue weighted by Gasteiger charge is -2.13. The van der Waals surface area contributed by atoms with Crippen molar-refractivity contribution in [1.82, 2.24) is 5.32 Å². The third-order valence-corrected chi connectivity index (χ3v) is 4.09. The molecule has 0 radical (unpaired) electrons. The summed E-state index contributed by atoms with van der Waals surface area (Å²) >= 11 is 0. The summed E-state index contributed by atoms with van der Waals surface area (Å²) in [5, 5.41) is 3.24. The quantitative estimate of drug-likeness (QED) is 0.892. The summed E-state index contributed by atoms with van der Waals surface area (Å²) in [6, 6.07) is 13.9. The summed E-state index contributed by atoms with van der Waals surface area (Å²) < 4.78 is 18.5. The molecule has 1 aliphatic rings. The predicted molar refractivity (Wildman–Crippen MR) is 85.3 cm³/mol. The van der Waals surface area contributed by atoms with Gasteiger partial charge in [0.25, 0.3) is 0 Å². The van der Waals surface area contributed by atoms with Gasteiger partial charge in [-0.3, -0.25) is 10.1 Å². The van der Waals surface area contributed by atoms with Gasteiger partial charge >= 0.3 is 0 Å². The fraction of sp³-hybridized carbons (Fsp3) is 0.278. The summed E-state index contributed by atoms with van der Waals surface area (Å²) in [6.07, 6.45) is 1.66. The SMILES string of the molecule is NC(=O)[C@@H]1CC[C@H](c2ccc(OCc3ccc(F)cc3)cc2)N1. The van der Waals surface area contributed by atoms with Crippen molar-refractivity contribution in [1.29, 1.82) is 0 Å². The Kier molecular flexibility index (Phi) is 4.57. The van der Waals surface area contributed by atoms with Crippen molar-refractivity contribution in [3.05, 3.63) is 65.5 Å². The third-order valence-electron chi connectivity index (χ3n) is 4.09. The second kappa shape index (κ2) is 6.79. The molecule has 3 N–H and O–H groups in total. The molecule has 3 rings (SSSR count). The molecule has 1 amide bonds. The van der Waals surface area contributed by atoms with Crippen LogP contribution in [-0.2, 0) is 11.4 Å². The number of amides is 1. The van der Waals surface area contributed by atoms with Crippen LogP contribution >= 0.6 is 0 Å². The molecule has 1 aliphatic heterocycles. The van der Waals surface area contributed by atoms with E-state index in [0.717, 1.165) is 29.7 Å². The maximum atomic E-state index is 12.8. The Hall–Kier alpha value is -2.40. The van der Waals surface area contributed by atoms with Crippen LogP contribution in [0.3, 0.4) is 0 Å². The van der Waals surface area contributed by atoms with Crippen LogP contribution in [0.5, 0.6) is 5.75 Å². The van der Waals surface area contributed by atoms with Crippen LogP contribution in [0, 0.1) is 5.82 Å². The molecule has 0 saturated carbocycles. The van der Waals surface area contributed by atoms with Gasteiger partial charge in [0.05, 0.1) is 6.04 Å². The second-order valence-corrected chi connectivity index (χ2v) is 5.74. The minimum absolute atomic E-state index is 0.152. The topological polar surface area (TPSA) is 64.4 Å². The van der Waals surface area contributed by atoms with Crippen LogP contribution < -0.4 is 15.8 Å². The van der Waals surface area contributed by atoms with Gasteiger partial charge in [0.2, 0.25) is 5.91 Å². The van der Waals surface area contributed by atoms with Crippen molar-refractivity contribution in [2.75, 3.05) is 0 Å². The summed E-state index contributed by atoms with van der Waals surface area (Å²) in [5.41, 5.74) is 7.35. The maximum Gasteiger partial charge on any atom is 0.234 e. The molecule has 0 bridgehead atoms. The first-order chi connectivity index (χ1) is 11.1. The van der Waals surface area contributed by atoms with Crippen LogP contribution in [0.2, 0.25) is 0 Å². The average molecular weight is 314 g/mol. The number of hydrogen-bond donors (Lipinski definition) is 2. The van der Waals surface area contributed by atoms with Crippen LogP contribution in [0.15, 0.2) is 48.5 Å². The first-order valence-corrected chi connectivity index (χ1v) is 7.64. The van der Waals surface area contributed by atoms with Crippen LogP contribution in [0.25, 0.3) is 0 Å². The van der Waals surface area contributed by atoms with Crippen LogP contribution in [0.4, 0.5) is 4.39 Å². The molecule has 0 unspecified atom stereocenters. The first kappa shape index (κ1) is 15.5. The van der Waals surface area contributed by atoms with E-state index in [9.17, 15) is 9.18 Å². The largest absolute Gasteiger partial charge is 0.489 e. The lowest BCUT2D eigenvalue weighted by atomic mass is 10.1. The minimum Gasteiger partial charge on any atom is -0.489 e. The van der Waals surface area contributed by atoms with Crippen molar-refractivity contribution < 1.29 is 13.9 Å². The lowest BCUT2D eigenvalue weighted by Crippen LogP contribution is -2.37. The first-order valence-electron chi connectivity index (χ1n) is 7.64. The molecule has 0 aromatic heterocycles. The van der Waals surface area contributed by atoms with Crippen molar-refractivity contribution in [3.63, 3.8) is 0 Å². The highest BCUT2D eigenvalue weighted by molar-refractivity contribution is 5.80. The predicted octanol–water partition coefficient (Wildman–Crippen LogP) is 2.68. The Morgan fingerprint density at radius 1 is 1.13 bits per heavy atom. The molecule has 120 valence electrons. The van der Waals surface area contributed by atoms with Crippen molar-refractivity contribution >= 4 is 5.91 Å². The van der Waals surface area contributed by atoms with Crippen LogP contribution in [0.1, 0.15) is 30.0 Å². The number of carbonyl (C=O) groups excluding carboxylic acids is 1. The van der Waals surface area contributed by atoms with Crippen molar-refractivity contribution in [2.45, 2.75) is 31.5 Å². The van der Waals surface area contributed by atoms with E-state index in [2.05, 4.69) is 5.32 Å². The molecule has 5 heteroatoms. The summed E-state index contributed by atoms with van der Waals surface area (Å²) in [4.78, 5) is 11.2. The molecule has 4 nitrogen and oxygen atoms in total. The second-order valence-electron chi connectivity index (χ2n) is 5.74. The van der Waals surface area contributed by atoms with E-state index < -0.39 is 0 Å². The Morgan fingerprint density at radius 3 is 2.43 bits per heavy atom. The van der Waals surface area contributed by atoms with Gasteiger partial charge in [0, 0.05) is 6.04 Å². The molecule has 0 aliphatic carbocycles. The van der Waals surface area contributed by atoms with Gasteiger partial charge < -0.3 is 10.5 Å². The normalized spacial score (nSPS) is 20.4. The Balaban J connectivity index is 1.57. The number of nitrogens with one attached hydrogen (secondary N) is 1. The number of ether oxygens (including phenoxy) is 1.